The van der Waals surface area contributed by atoms with Crippen molar-refractivity contribution in [3.05, 3.63) is 96.1 Å². The van der Waals surface area contributed by atoms with Gasteiger partial charge in [0, 0.05) is 26.2 Å². The zero-order valence-corrected chi connectivity index (χ0v) is 17.5. The molecule has 0 unspecified atom stereocenters. The fraction of sp³-hybridized carbons (Fsp3) is 0.346. The van der Waals surface area contributed by atoms with Crippen molar-refractivity contribution in [3.8, 4) is 0 Å². The first-order chi connectivity index (χ1) is 15.3. The number of ether oxygens (including phenoxy) is 2. The second-order valence-electron chi connectivity index (χ2n) is 8.24. The predicted molar refractivity (Wildman–Crippen MR) is 120 cm³/mol. The van der Waals surface area contributed by atoms with E-state index in [0.29, 0.717) is 19.7 Å². The Balaban J connectivity index is 1.25. The van der Waals surface area contributed by atoms with Crippen molar-refractivity contribution >= 4 is 5.91 Å². The molecule has 31 heavy (non-hydrogen) atoms. The molecule has 0 bridgehead atoms. The van der Waals surface area contributed by atoms with E-state index in [2.05, 4.69) is 65.6 Å². The molecule has 0 saturated carbocycles. The van der Waals surface area contributed by atoms with Crippen molar-refractivity contribution in [2.24, 2.45) is 0 Å². The van der Waals surface area contributed by atoms with Crippen LogP contribution in [-0.2, 0) is 14.3 Å². The smallest absolute Gasteiger partial charge is 0.254 e. The molecule has 2 aliphatic heterocycles. The quantitative estimate of drug-likeness (QED) is 0.768. The fourth-order valence-electron chi connectivity index (χ4n) is 4.69. The van der Waals surface area contributed by atoms with Crippen molar-refractivity contribution in [2.45, 2.75) is 24.4 Å². The van der Waals surface area contributed by atoms with Gasteiger partial charge in [-0.2, -0.15) is 0 Å². The van der Waals surface area contributed by atoms with Crippen LogP contribution in [0.4, 0.5) is 0 Å². The highest BCUT2D eigenvalue weighted by atomic mass is 16.6. The summed E-state index contributed by atoms with van der Waals surface area (Å²) in [6, 6.07) is 21.4. The summed E-state index contributed by atoms with van der Waals surface area (Å²) in [5, 5.41) is 0. The van der Waals surface area contributed by atoms with E-state index in [1.165, 1.54) is 11.1 Å². The monoisotopic (exact) mass is 416 g/mol. The number of nitrogens with zero attached hydrogens (tertiary/aromatic N) is 2. The molecule has 2 aromatic carbocycles. The lowest BCUT2D eigenvalue weighted by atomic mass is 9.96. The van der Waals surface area contributed by atoms with Gasteiger partial charge in [-0.05, 0) is 11.1 Å². The molecule has 0 aromatic heterocycles. The second kappa shape index (κ2) is 9.18. The van der Waals surface area contributed by atoms with Crippen LogP contribution in [0.1, 0.15) is 17.2 Å². The summed E-state index contributed by atoms with van der Waals surface area (Å²) in [6.45, 7) is 3.34. The molecule has 3 aliphatic rings. The lowest BCUT2D eigenvalue weighted by Gasteiger charge is -2.42. The van der Waals surface area contributed by atoms with Crippen LogP contribution in [-0.4, -0.2) is 66.8 Å². The molecule has 0 spiro atoms. The van der Waals surface area contributed by atoms with Crippen molar-refractivity contribution < 1.29 is 14.3 Å². The van der Waals surface area contributed by atoms with Crippen molar-refractivity contribution in [3.63, 3.8) is 0 Å². The highest BCUT2D eigenvalue weighted by Gasteiger charge is 2.37. The van der Waals surface area contributed by atoms with E-state index in [1.54, 1.807) is 0 Å². The maximum atomic E-state index is 13.1. The van der Waals surface area contributed by atoms with E-state index in [1.807, 2.05) is 29.2 Å². The van der Waals surface area contributed by atoms with E-state index < -0.39 is 6.10 Å². The minimum Gasteiger partial charge on any atom is -0.368 e. The van der Waals surface area contributed by atoms with Gasteiger partial charge < -0.3 is 14.4 Å². The van der Waals surface area contributed by atoms with Crippen molar-refractivity contribution in [1.29, 1.82) is 0 Å². The molecule has 5 heteroatoms. The molecule has 0 radical (unpaired) electrons. The first-order valence-electron chi connectivity index (χ1n) is 11.0. The largest absolute Gasteiger partial charge is 0.368 e. The molecule has 1 aliphatic carbocycles. The molecule has 5 rings (SSSR count). The molecular weight excluding hydrogens is 388 g/mol. The summed E-state index contributed by atoms with van der Waals surface area (Å²) in [4.78, 5) is 17.5. The number of piperazine rings is 1. The number of hydrogen-bond acceptors (Lipinski definition) is 4. The zero-order valence-electron chi connectivity index (χ0n) is 17.5. The summed E-state index contributed by atoms with van der Waals surface area (Å²) in [5.41, 5.74) is 2.56. The van der Waals surface area contributed by atoms with Gasteiger partial charge in [0.1, 0.15) is 12.2 Å². The van der Waals surface area contributed by atoms with Gasteiger partial charge in [-0.15, -0.1) is 0 Å². The molecule has 3 atom stereocenters. The first kappa shape index (κ1) is 20.2. The molecule has 2 fully saturated rings. The second-order valence-corrected chi connectivity index (χ2v) is 8.24. The average Bonchev–Trinajstić information content (AvgIpc) is 2.85. The van der Waals surface area contributed by atoms with E-state index in [0.717, 1.165) is 13.1 Å². The third-order valence-electron chi connectivity index (χ3n) is 6.30. The summed E-state index contributed by atoms with van der Waals surface area (Å²) in [7, 11) is 0. The summed E-state index contributed by atoms with van der Waals surface area (Å²) in [6.07, 6.45) is 7.08. The minimum atomic E-state index is -0.525. The molecule has 0 N–H and O–H groups in total. The lowest BCUT2D eigenvalue weighted by Crippen LogP contribution is -2.55. The zero-order chi connectivity index (χ0) is 21.0. The SMILES string of the molecule is O=C([C@@H]1CO[C@H]2C=CC=C[C@@H]2O1)N1CCN(C(c2ccccc2)c2ccccc2)CC1. The van der Waals surface area contributed by atoms with Crippen LogP contribution in [0.2, 0.25) is 0 Å². The number of allylic oxidation sites excluding steroid dienone is 2. The normalized spacial score (nSPS) is 26.1. The third kappa shape index (κ3) is 4.35. The number of carbonyl (C=O) groups excluding carboxylic acids is 1. The Bertz CT molecular complexity index is 896. The Labute approximate surface area is 183 Å². The molecule has 1 amide bonds. The average molecular weight is 417 g/mol. The van der Waals surface area contributed by atoms with Crippen LogP contribution in [0.5, 0.6) is 0 Å². The van der Waals surface area contributed by atoms with Crippen LogP contribution in [0, 0.1) is 0 Å². The van der Waals surface area contributed by atoms with Gasteiger partial charge in [0.15, 0.2) is 6.10 Å². The van der Waals surface area contributed by atoms with Gasteiger partial charge in [-0.3, -0.25) is 9.69 Å². The van der Waals surface area contributed by atoms with Crippen LogP contribution in [0.15, 0.2) is 85.0 Å². The molecule has 2 heterocycles. The Morgan fingerprint density at radius 3 is 2.00 bits per heavy atom. The topological polar surface area (TPSA) is 42.0 Å². The number of amides is 1. The Hall–Kier alpha value is -2.73. The van der Waals surface area contributed by atoms with Crippen LogP contribution in [0.25, 0.3) is 0 Å². The minimum absolute atomic E-state index is 0.0389. The Morgan fingerprint density at radius 2 is 1.39 bits per heavy atom. The number of benzene rings is 2. The maximum absolute atomic E-state index is 13.1. The first-order valence-corrected chi connectivity index (χ1v) is 11.0. The van der Waals surface area contributed by atoms with E-state index >= 15 is 0 Å². The van der Waals surface area contributed by atoms with Crippen LogP contribution < -0.4 is 0 Å². The van der Waals surface area contributed by atoms with Gasteiger partial charge in [0.2, 0.25) is 0 Å². The highest BCUT2D eigenvalue weighted by Crippen LogP contribution is 2.30. The standard InChI is InChI=1S/C26H28N2O3/c29-26(24-19-30-22-13-7-8-14-23(22)31-24)28-17-15-27(16-18-28)25(20-9-3-1-4-10-20)21-11-5-2-6-12-21/h1-14,22-25H,15-19H2/t22-,23-,24-/m0/s1. The van der Waals surface area contributed by atoms with Gasteiger partial charge in [-0.25, -0.2) is 0 Å². The van der Waals surface area contributed by atoms with E-state index in [9.17, 15) is 4.79 Å². The van der Waals surface area contributed by atoms with Gasteiger partial charge in [0.05, 0.1) is 12.6 Å². The Kier molecular flexibility index (Phi) is 5.98. The summed E-state index contributed by atoms with van der Waals surface area (Å²) >= 11 is 0. The van der Waals surface area contributed by atoms with Gasteiger partial charge in [0.25, 0.3) is 5.91 Å². The predicted octanol–water partition coefficient (Wildman–Crippen LogP) is 3.20. The number of carbonyl (C=O) groups is 1. The molecule has 160 valence electrons. The summed E-state index contributed by atoms with van der Waals surface area (Å²) < 4.78 is 11.9. The van der Waals surface area contributed by atoms with Gasteiger partial charge in [-0.1, -0.05) is 85.0 Å². The number of rotatable bonds is 4. The van der Waals surface area contributed by atoms with Crippen molar-refractivity contribution in [1.82, 2.24) is 9.80 Å². The Morgan fingerprint density at radius 1 is 0.806 bits per heavy atom. The highest BCUT2D eigenvalue weighted by molar-refractivity contribution is 5.81. The van der Waals surface area contributed by atoms with E-state index in [4.69, 9.17) is 9.47 Å². The molecule has 2 saturated heterocycles. The molecule has 2 aromatic rings. The van der Waals surface area contributed by atoms with Crippen LogP contribution in [0.3, 0.4) is 0 Å². The third-order valence-corrected chi connectivity index (χ3v) is 6.30. The fourth-order valence-corrected chi connectivity index (χ4v) is 4.69. The van der Waals surface area contributed by atoms with Crippen molar-refractivity contribution in [2.75, 3.05) is 32.8 Å². The molecular formula is C26H28N2O3. The van der Waals surface area contributed by atoms with Crippen LogP contribution >= 0.6 is 0 Å². The van der Waals surface area contributed by atoms with E-state index in [-0.39, 0.29) is 24.2 Å². The summed E-state index contributed by atoms with van der Waals surface area (Å²) in [5.74, 6) is 0.0389. The molecule has 5 nitrogen and oxygen atoms in total. The number of hydrogen-bond donors (Lipinski definition) is 0. The number of fused-ring (bicyclic) bond motifs is 1. The van der Waals surface area contributed by atoms with Gasteiger partial charge >= 0.3 is 0 Å². The maximum Gasteiger partial charge on any atom is 0.254 e. The lowest BCUT2D eigenvalue weighted by molar-refractivity contribution is -0.177.